The molecule has 26 heteroatoms. The number of likely N-dealkylation sites (tertiary alicyclic amines) is 1. The first kappa shape index (κ1) is 75.5. The van der Waals surface area contributed by atoms with Crippen LogP contribution in [-0.4, -0.2) is 206 Å². The quantitative estimate of drug-likeness (QED) is 0.0392. The molecule has 510 valence electrons. The highest BCUT2D eigenvalue weighted by Crippen LogP contribution is 2.32. The first-order valence-electron chi connectivity index (χ1n) is 32.2. The van der Waals surface area contributed by atoms with Crippen LogP contribution in [0.3, 0.4) is 0 Å². The number of rotatable bonds is 33. The molecular weight excluding hydrogens is 1200 g/mol. The van der Waals surface area contributed by atoms with E-state index in [9.17, 15) is 38.4 Å². The van der Waals surface area contributed by atoms with Crippen molar-refractivity contribution in [3.8, 4) is 0 Å². The Labute approximate surface area is 547 Å². The number of benzene rings is 2. The summed E-state index contributed by atoms with van der Waals surface area (Å²) in [6, 6.07) is 9.64. The molecule has 1 aromatic heterocycles. The lowest BCUT2D eigenvalue weighted by Gasteiger charge is -2.41. The first-order chi connectivity index (χ1) is 43.6. The monoisotopic (exact) mass is 1300 g/mol. The highest BCUT2D eigenvalue weighted by molar-refractivity contribution is 7.09. The van der Waals surface area contributed by atoms with Crippen LogP contribution in [0.25, 0.3) is 0 Å². The van der Waals surface area contributed by atoms with Crippen LogP contribution in [0.4, 0.5) is 15.3 Å². The predicted octanol–water partition coefficient (Wildman–Crippen LogP) is 5.07. The number of nitrogens with two attached hydrogens (primary N) is 2. The largest absolute Gasteiger partial charge is 0.431 e. The van der Waals surface area contributed by atoms with E-state index in [-0.39, 0.29) is 54.6 Å². The molecular formula is C66H103N13O12S. The second-order valence-electron chi connectivity index (χ2n) is 25.5. The molecule has 2 fully saturated rings. The Kier molecular flexibility index (Phi) is 29.7. The normalized spacial score (nSPS) is 18.0. The molecule has 2 aliphatic heterocycles. The highest BCUT2D eigenvalue weighted by atomic mass is 32.1. The summed E-state index contributed by atoms with van der Waals surface area (Å²) in [4.78, 5) is 138. The van der Waals surface area contributed by atoms with Gasteiger partial charge in [-0.25, -0.2) is 14.6 Å². The molecule has 10 amide bonds. The van der Waals surface area contributed by atoms with Gasteiger partial charge in [-0.15, -0.1) is 11.3 Å². The van der Waals surface area contributed by atoms with E-state index in [0.717, 1.165) is 15.5 Å². The van der Waals surface area contributed by atoms with Crippen molar-refractivity contribution in [1.29, 1.82) is 0 Å². The summed E-state index contributed by atoms with van der Waals surface area (Å²) >= 11 is 1.47. The number of hydrogen-bond acceptors (Lipinski definition) is 16. The Morgan fingerprint density at radius 3 is 2.00 bits per heavy atom. The van der Waals surface area contributed by atoms with Crippen molar-refractivity contribution in [3.05, 3.63) is 82.3 Å². The van der Waals surface area contributed by atoms with E-state index in [1.165, 1.54) is 49.8 Å². The maximum Gasteiger partial charge on any atom is 0.411 e. The molecule has 92 heavy (non-hydrogen) atoms. The van der Waals surface area contributed by atoms with Gasteiger partial charge in [0.05, 0.1) is 48.7 Å². The number of thiazole rings is 1. The second-order valence-corrected chi connectivity index (χ2v) is 26.4. The molecule has 0 spiro atoms. The number of aromatic nitrogens is 1. The van der Waals surface area contributed by atoms with Gasteiger partial charge in [0.15, 0.2) is 0 Å². The zero-order chi connectivity index (χ0) is 68.1. The van der Waals surface area contributed by atoms with Gasteiger partial charge in [-0.1, -0.05) is 111 Å². The first-order valence-corrected chi connectivity index (χ1v) is 33.1. The average Bonchev–Trinajstić information content (AvgIpc) is 1.94. The topological polar surface area (TPSA) is 323 Å². The standard InChI is InChI=1S/C66H103N13O12S/c1-15-42(8)55(50(89-13)38-51(80)79-31-20-24-49(79)56(90-14)43(9)58(81)73-48(62-69-30-36-92-62)37-44-21-17-16-18-22-44)76(11)63(85)53(40(4)5)74-61(84)54(41(6)7)77(12)66(88)91-57(64(86)78-34-32-75(10)33-35-78)45-25-27-46(28-26-45)71-59(82)47(23-19-29-70-65(68)87)72-60(83)52(67)39(2)3/h16-18,21-22,25-28,30,36,39-43,47-50,52-57H,15,19-20,23-24,29,31-35,37-38,67H2,1-14H3,(H,71,82)(H,72,83)(H,73,81)(H,74,84)(H3,68,70,87)/t42-,43+,47-,48-,49-,50+,52-,53-,54-,55-,56+,57?/m0/s1. The molecule has 3 aromatic rings. The van der Waals surface area contributed by atoms with Gasteiger partial charge in [-0.05, 0) is 80.5 Å². The van der Waals surface area contributed by atoms with Gasteiger partial charge in [0, 0.05) is 90.4 Å². The van der Waals surface area contributed by atoms with Crippen molar-refractivity contribution < 1.29 is 57.4 Å². The maximum absolute atomic E-state index is 15.0. The summed E-state index contributed by atoms with van der Waals surface area (Å²) in [5.74, 6) is -5.14. The van der Waals surface area contributed by atoms with Gasteiger partial charge >= 0.3 is 12.1 Å². The number of piperazine rings is 1. The van der Waals surface area contributed by atoms with E-state index in [1.54, 1.807) is 76.6 Å². The minimum Gasteiger partial charge on any atom is -0.431 e. The van der Waals surface area contributed by atoms with E-state index in [4.69, 9.17) is 25.7 Å². The number of carbonyl (C=O) groups is 9. The Morgan fingerprint density at radius 2 is 1.43 bits per heavy atom. The third-order valence-corrected chi connectivity index (χ3v) is 18.7. The van der Waals surface area contributed by atoms with Crippen LogP contribution < -0.4 is 38.1 Å². The van der Waals surface area contributed by atoms with Crippen molar-refractivity contribution >= 4 is 70.5 Å². The summed E-state index contributed by atoms with van der Waals surface area (Å²) in [6.07, 6.45) is 0.633. The summed E-state index contributed by atoms with van der Waals surface area (Å²) in [5, 5.41) is 16.8. The Hall–Kier alpha value is -7.26. The van der Waals surface area contributed by atoms with E-state index in [0.29, 0.717) is 70.5 Å². The molecule has 5 rings (SSSR count). The van der Waals surface area contributed by atoms with Crippen LogP contribution in [-0.2, 0) is 54.2 Å². The number of ether oxygens (including phenoxy) is 3. The fourth-order valence-corrected chi connectivity index (χ4v) is 12.7. The van der Waals surface area contributed by atoms with Crippen LogP contribution in [0.15, 0.2) is 66.2 Å². The number of carbonyl (C=O) groups excluding carboxylic acids is 9. The minimum absolute atomic E-state index is 0.0874. The van der Waals surface area contributed by atoms with Crippen LogP contribution in [0.5, 0.6) is 0 Å². The molecule has 12 atom stereocenters. The zero-order valence-electron chi connectivity index (χ0n) is 56.3. The minimum atomic E-state index is -1.49. The Balaban J connectivity index is 1.31. The molecule has 2 aliphatic rings. The zero-order valence-corrected chi connectivity index (χ0v) is 57.2. The molecule has 0 radical (unpaired) electrons. The van der Waals surface area contributed by atoms with Gasteiger partial charge in [-0.3, -0.25) is 38.5 Å². The average molecular weight is 1300 g/mol. The number of likely N-dealkylation sites (N-methyl/N-ethyl adjacent to an activating group) is 3. The summed E-state index contributed by atoms with van der Waals surface area (Å²) in [5.41, 5.74) is 12.9. The van der Waals surface area contributed by atoms with Gasteiger partial charge in [0.1, 0.15) is 23.1 Å². The lowest BCUT2D eigenvalue weighted by Crippen LogP contribution is -2.60. The molecule has 1 unspecified atom stereocenters. The van der Waals surface area contributed by atoms with E-state index in [1.807, 2.05) is 63.5 Å². The van der Waals surface area contributed by atoms with Crippen molar-refractivity contribution in [2.75, 3.05) is 79.9 Å². The van der Waals surface area contributed by atoms with Crippen molar-refractivity contribution in [2.45, 2.75) is 168 Å². The predicted molar refractivity (Wildman–Crippen MR) is 352 cm³/mol. The van der Waals surface area contributed by atoms with E-state index >= 15 is 4.79 Å². The molecule has 9 N–H and O–H groups in total. The van der Waals surface area contributed by atoms with Gasteiger partial charge in [0.25, 0.3) is 5.91 Å². The smallest absolute Gasteiger partial charge is 0.411 e. The number of nitrogens with zero attached hydrogens (tertiary/aromatic N) is 6. The number of hydrogen-bond donors (Lipinski definition) is 7. The number of primary amides is 1. The molecule has 2 saturated heterocycles. The molecule has 0 saturated carbocycles. The lowest BCUT2D eigenvalue weighted by atomic mass is 9.89. The van der Waals surface area contributed by atoms with Crippen LogP contribution in [0.1, 0.15) is 129 Å². The summed E-state index contributed by atoms with van der Waals surface area (Å²) in [6.45, 7) is 18.9. The van der Waals surface area contributed by atoms with Crippen molar-refractivity contribution in [3.63, 3.8) is 0 Å². The summed E-state index contributed by atoms with van der Waals surface area (Å²) < 4.78 is 18.4. The fourth-order valence-electron chi connectivity index (χ4n) is 12.0. The molecule has 25 nitrogen and oxygen atoms in total. The van der Waals surface area contributed by atoms with Gasteiger partial charge in [-0.2, -0.15) is 0 Å². The number of anilines is 1. The molecule has 3 heterocycles. The third-order valence-electron chi connectivity index (χ3n) is 17.8. The highest BCUT2D eigenvalue weighted by Gasteiger charge is 2.45. The van der Waals surface area contributed by atoms with Crippen molar-refractivity contribution in [1.82, 2.24) is 50.8 Å². The summed E-state index contributed by atoms with van der Waals surface area (Å²) in [7, 11) is 8.05. The van der Waals surface area contributed by atoms with Crippen LogP contribution >= 0.6 is 11.3 Å². The number of methoxy groups -OCH3 is 2. The molecule has 0 bridgehead atoms. The maximum atomic E-state index is 15.0. The van der Waals surface area contributed by atoms with E-state index in [2.05, 4.69) is 36.5 Å². The third kappa shape index (κ3) is 20.9. The second kappa shape index (κ2) is 36.3. The van der Waals surface area contributed by atoms with Crippen LogP contribution in [0.2, 0.25) is 0 Å². The Morgan fingerprint density at radius 1 is 0.772 bits per heavy atom. The number of urea groups is 1. The molecule has 2 aromatic carbocycles. The van der Waals surface area contributed by atoms with Crippen molar-refractivity contribution in [2.24, 2.45) is 41.1 Å². The van der Waals surface area contributed by atoms with Gasteiger partial charge in [0.2, 0.25) is 41.5 Å². The fraction of sp³-hybridized carbons (Fsp3) is 0.636. The SMILES string of the molecule is CC[C@H](C)[C@@H]([C@@H](CC(=O)N1CCC[C@H]1[C@H](OC)[C@@H](C)C(=O)N[C@@H](Cc1ccccc1)c1nccs1)OC)N(C)C(=O)[C@@H](NC(=O)[C@H](C(C)C)N(C)C(=O)OC(C(=O)N1CCN(C)CC1)c1ccc(NC(=O)[C@H](CCCNC(N)=O)NC(=O)[C@@H](N)C(C)C)cc1)C(C)C. The number of amides is 10. The lowest BCUT2D eigenvalue weighted by molar-refractivity contribution is -0.148. The van der Waals surface area contributed by atoms with Gasteiger partial charge < -0.3 is 71.9 Å². The Bertz CT molecular complexity index is 2880. The van der Waals surface area contributed by atoms with E-state index < -0.39 is 114 Å². The molecule has 0 aliphatic carbocycles. The van der Waals surface area contributed by atoms with Crippen LogP contribution in [0, 0.1) is 29.6 Å². The number of nitrogens with one attached hydrogen (secondary N) is 5.